The smallest absolute Gasteiger partial charge is 0.320 e. The maximum atomic E-state index is 13.2. The van der Waals surface area contributed by atoms with Crippen molar-refractivity contribution in [1.82, 2.24) is 19.3 Å². The van der Waals surface area contributed by atoms with Gasteiger partial charge in [0.25, 0.3) is 11.5 Å². The van der Waals surface area contributed by atoms with E-state index in [4.69, 9.17) is 0 Å². The van der Waals surface area contributed by atoms with E-state index in [0.717, 1.165) is 14.8 Å². The number of rotatable bonds is 5. The van der Waals surface area contributed by atoms with Crippen molar-refractivity contribution in [3.63, 3.8) is 0 Å². The molecule has 0 unspecified atom stereocenters. The number of hydrogen-bond acceptors (Lipinski definition) is 5. The average Bonchev–Trinajstić information content (AvgIpc) is 2.80. The second kappa shape index (κ2) is 8.76. The number of halogens is 1. The molecule has 1 N–H and O–H groups in total. The third-order valence-electron chi connectivity index (χ3n) is 4.72. The number of amides is 1. The number of aromatic nitrogens is 4. The van der Waals surface area contributed by atoms with E-state index >= 15 is 0 Å². The first-order valence-electron chi connectivity index (χ1n) is 9.69. The highest BCUT2D eigenvalue weighted by Gasteiger charge is 2.21. The molecule has 4 aromatic rings. The predicted molar refractivity (Wildman–Crippen MR) is 117 cm³/mol. The van der Waals surface area contributed by atoms with E-state index in [1.54, 1.807) is 42.6 Å². The summed E-state index contributed by atoms with van der Waals surface area (Å²) in [4.78, 5) is 43.0. The molecule has 1 amide bonds. The van der Waals surface area contributed by atoms with E-state index in [2.05, 4.69) is 15.4 Å². The monoisotopic (exact) mass is 431 g/mol. The van der Waals surface area contributed by atoms with Crippen molar-refractivity contribution in [1.29, 1.82) is 0 Å². The summed E-state index contributed by atoms with van der Waals surface area (Å²) in [6.45, 7) is 1.81. The summed E-state index contributed by atoms with van der Waals surface area (Å²) in [5, 5.41) is 6.57. The molecular formula is C23H18FN5O3. The van der Waals surface area contributed by atoms with Crippen LogP contribution in [0.25, 0.3) is 5.69 Å². The maximum absolute atomic E-state index is 13.2. The molecule has 0 atom stereocenters. The van der Waals surface area contributed by atoms with Gasteiger partial charge in [-0.3, -0.25) is 19.1 Å². The molecule has 32 heavy (non-hydrogen) atoms. The molecule has 0 aliphatic heterocycles. The van der Waals surface area contributed by atoms with E-state index in [-0.39, 0.29) is 12.2 Å². The van der Waals surface area contributed by atoms with Gasteiger partial charge in [0.15, 0.2) is 0 Å². The predicted octanol–water partition coefficient (Wildman–Crippen LogP) is 2.54. The summed E-state index contributed by atoms with van der Waals surface area (Å²) in [5.74, 6) is -1.28. The zero-order chi connectivity index (χ0) is 22.7. The number of carbonyl (C=O) groups is 1. The number of carbonyl (C=O) groups excluding carboxylic acids is 1. The first kappa shape index (κ1) is 20.9. The molecule has 2 heterocycles. The minimum Gasteiger partial charge on any atom is -0.320 e. The summed E-state index contributed by atoms with van der Waals surface area (Å²) < 4.78 is 15.1. The Balaban J connectivity index is 1.83. The van der Waals surface area contributed by atoms with E-state index in [0.29, 0.717) is 11.3 Å². The Bertz CT molecular complexity index is 1380. The average molecular weight is 431 g/mol. The fourth-order valence-corrected chi connectivity index (χ4v) is 3.05. The summed E-state index contributed by atoms with van der Waals surface area (Å²) in [7, 11) is 0. The minimum absolute atomic E-state index is 0.0866. The Kier molecular flexibility index (Phi) is 5.71. The van der Waals surface area contributed by atoms with Crippen LogP contribution in [0.5, 0.6) is 0 Å². The van der Waals surface area contributed by atoms with Crippen molar-refractivity contribution in [3.05, 3.63) is 117 Å². The summed E-state index contributed by atoms with van der Waals surface area (Å²) >= 11 is 0. The van der Waals surface area contributed by atoms with Gasteiger partial charge >= 0.3 is 5.69 Å². The largest absolute Gasteiger partial charge is 0.352 e. The van der Waals surface area contributed by atoms with Crippen LogP contribution >= 0.6 is 0 Å². The van der Waals surface area contributed by atoms with Crippen LogP contribution in [-0.2, 0) is 6.54 Å². The van der Waals surface area contributed by atoms with Crippen LogP contribution in [0.3, 0.4) is 0 Å². The van der Waals surface area contributed by atoms with Crippen LogP contribution in [0.2, 0.25) is 0 Å². The van der Waals surface area contributed by atoms with Gasteiger partial charge in [0, 0.05) is 18.1 Å². The van der Waals surface area contributed by atoms with Crippen LogP contribution in [0.15, 0.2) is 82.6 Å². The lowest BCUT2D eigenvalue weighted by atomic mass is 10.2. The molecule has 9 heteroatoms. The Morgan fingerprint density at radius 3 is 2.41 bits per heavy atom. The molecule has 0 aliphatic carbocycles. The van der Waals surface area contributed by atoms with Gasteiger partial charge in [0.05, 0.1) is 12.2 Å². The number of hydrogen-bond donors (Lipinski definition) is 1. The van der Waals surface area contributed by atoms with Crippen LogP contribution in [-0.4, -0.2) is 25.2 Å². The maximum Gasteiger partial charge on any atom is 0.352 e. The van der Waals surface area contributed by atoms with Crippen LogP contribution < -0.4 is 16.6 Å². The molecule has 0 bridgehead atoms. The van der Waals surface area contributed by atoms with Gasteiger partial charge in [0.1, 0.15) is 5.82 Å². The summed E-state index contributed by atoms with van der Waals surface area (Å²) in [6, 6.07) is 15.4. The van der Waals surface area contributed by atoms with Crippen molar-refractivity contribution in [3.8, 4) is 5.69 Å². The van der Waals surface area contributed by atoms with Gasteiger partial charge in [-0.05, 0) is 55.0 Å². The Morgan fingerprint density at radius 2 is 1.75 bits per heavy atom. The number of aryl methyl sites for hydroxylation is 1. The first-order valence-corrected chi connectivity index (χ1v) is 9.69. The van der Waals surface area contributed by atoms with Crippen LogP contribution in [0.4, 0.5) is 10.1 Å². The third kappa shape index (κ3) is 4.36. The highest BCUT2D eigenvalue weighted by molar-refractivity contribution is 6.02. The van der Waals surface area contributed by atoms with Gasteiger partial charge in [-0.15, -0.1) is 0 Å². The van der Waals surface area contributed by atoms with Crippen molar-refractivity contribution < 1.29 is 9.18 Å². The highest BCUT2D eigenvalue weighted by Crippen LogP contribution is 2.10. The van der Waals surface area contributed by atoms with Gasteiger partial charge in [-0.1, -0.05) is 23.8 Å². The zero-order valence-electron chi connectivity index (χ0n) is 17.0. The Morgan fingerprint density at radius 1 is 1.03 bits per heavy atom. The normalized spacial score (nSPS) is 10.7. The molecule has 4 rings (SSSR count). The number of nitrogens with zero attached hydrogens (tertiary/aromatic N) is 4. The fourth-order valence-electron chi connectivity index (χ4n) is 3.05. The quantitative estimate of drug-likeness (QED) is 0.524. The van der Waals surface area contributed by atoms with E-state index in [1.807, 2.05) is 6.92 Å². The molecule has 0 aliphatic rings. The number of nitrogens with one attached hydrogen (secondary N) is 1. The lowest BCUT2D eigenvalue weighted by molar-refractivity contribution is 0.101. The molecule has 0 fully saturated rings. The van der Waals surface area contributed by atoms with Gasteiger partial charge in [-0.2, -0.15) is 9.78 Å². The Labute approximate surface area is 181 Å². The number of pyridine rings is 1. The molecule has 2 aromatic carbocycles. The zero-order valence-corrected chi connectivity index (χ0v) is 17.0. The lowest BCUT2D eigenvalue weighted by Gasteiger charge is -2.12. The summed E-state index contributed by atoms with van der Waals surface area (Å²) in [5.41, 5.74) is 0.250. The third-order valence-corrected chi connectivity index (χ3v) is 4.72. The van der Waals surface area contributed by atoms with Crippen molar-refractivity contribution in [2.75, 3.05) is 5.32 Å². The van der Waals surface area contributed by atoms with Crippen molar-refractivity contribution in [2.24, 2.45) is 0 Å². The molecule has 8 nitrogen and oxygen atoms in total. The highest BCUT2D eigenvalue weighted by atomic mass is 19.1. The SMILES string of the molecule is Cc1ccc(-n2nc(C(=O)Nc3ccc(F)cc3)c(=O)n(Cc3cccnc3)c2=O)cc1. The first-order chi connectivity index (χ1) is 15.4. The van der Waals surface area contributed by atoms with Crippen LogP contribution in [0.1, 0.15) is 21.6 Å². The standard InChI is InChI=1S/C23H18FN5O3/c1-15-4-10-19(11-5-15)29-23(32)28(14-16-3-2-12-25-13-16)22(31)20(27-29)21(30)26-18-8-6-17(24)7-9-18/h2-13H,14H2,1H3,(H,26,30). The van der Waals surface area contributed by atoms with Crippen molar-refractivity contribution >= 4 is 11.6 Å². The molecule has 160 valence electrons. The fraction of sp³-hybridized carbons (Fsp3) is 0.0870. The van der Waals surface area contributed by atoms with Gasteiger partial charge in [-0.25, -0.2) is 9.18 Å². The van der Waals surface area contributed by atoms with E-state index in [9.17, 15) is 18.8 Å². The number of benzene rings is 2. The van der Waals surface area contributed by atoms with Gasteiger partial charge in [0.2, 0.25) is 5.69 Å². The number of anilines is 1. The Hall–Kier alpha value is -4.40. The molecule has 0 radical (unpaired) electrons. The topological polar surface area (TPSA) is 98.9 Å². The summed E-state index contributed by atoms with van der Waals surface area (Å²) in [6.07, 6.45) is 3.10. The molecule has 2 aromatic heterocycles. The van der Waals surface area contributed by atoms with E-state index in [1.165, 1.54) is 30.5 Å². The molecule has 0 saturated carbocycles. The minimum atomic E-state index is -0.846. The van der Waals surface area contributed by atoms with E-state index < -0.39 is 28.7 Å². The molecular weight excluding hydrogens is 413 g/mol. The van der Waals surface area contributed by atoms with Gasteiger partial charge < -0.3 is 5.32 Å². The molecule has 0 spiro atoms. The second-order valence-corrected chi connectivity index (χ2v) is 7.09. The second-order valence-electron chi connectivity index (χ2n) is 7.09. The van der Waals surface area contributed by atoms with Crippen molar-refractivity contribution in [2.45, 2.75) is 13.5 Å². The lowest BCUT2D eigenvalue weighted by Crippen LogP contribution is -2.45. The molecule has 0 saturated heterocycles. The van der Waals surface area contributed by atoms with Crippen LogP contribution in [0, 0.1) is 12.7 Å².